The van der Waals surface area contributed by atoms with Crippen LogP contribution in [0.15, 0.2) is 24.3 Å². The number of nitrogens with one attached hydrogen (secondary N) is 2. The molecule has 0 spiro atoms. The highest BCUT2D eigenvalue weighted by Crippen LogP contribution is 2.16. The molecular formula is C11H15F3N2O. The van der Waals surface area contributed by atoms with Gasteiger partial charge >= 0.3 is 6.18 Å². The first-order valence-electron chi connectivity index (χ1n) is 5.19. The summed E-state index contributed by atoms with van der Waals surface area (Å²) in [5, 5.41) is 5.20. The van der Waals surface area contributed by atoms with E-state index in [0.717, 1.165) is 5.69 Å². The first-order chi connectivity index (χ1) is 8.01. The topological polar surface area (TPSA) is 33.3 Å². The summed E-state index contributed by atoms with van der Waals surface area (Å²) in [6, 6.07) is 7.22. The predicted molar refractivity (Wildman–Crippen MR) is 60.4 cm³/mol. The minimum atomic E-state index is -4.17. The Bertz CT molecular complexity index is 342. The van der Waals surface area contributed by atoms with Gasteiger partial charge in [-0.05, 0) is 12.1 Å². The van der Waals surface area contributed by atoms with Crippen molar-refractivity contribution < 1.29 is 17.9 Å². The lowest BCUT2D eigenvalue weighted by Crippen LogP contribution is -2.31. The molecule has 0 aromatic heterocycles. The normalized spacial score (nSPS) is 11.3. The molecule has 2 N–H and O–H groups in total. The molecule has 0 amide bonds. The van der Waals surface area contributed by atoms with Gasteiger partial charge in [-0.1, -0.05) is 6.07 Å². The van der Waals surface area contributed by atoms with E-state index in [1.54, 1.807) is 19.2 Å². The van der Waals surface area contributed by atoms with Crippen molar-refractivity contribution >= 4 is 5.69 Å². The van der Waals surface area contributed by atoms with Gasteiger partial charge in [0.2, 0.25) is 0 Å². The zero-order chi connectivity index (χ0) is 12.7. The van der Waals surface area contributed by atoms with Gasteiger partial charge in [-0.25, -0.2) is 0 Å². The molecule has 0 heterocycles. The molecule has 0 bridgehead atoms. The van der Waals surface area contributed by atoms with Crippen LogP contribution in [-0.4, -0.2) is 32.9 Å². The van der Waals surface area contributed by atoms with E-state index in [1.807, 2.05) is 12.1 Å². The second kappa shape index (κ2) is 6.34. The largest absolute Gasteiger partial charge is 0.492 e. The molecule has 0 fully saturated rings. The van der Waals surface area contributed by atoms with Crippen LogP contribution in [0, 0.1) is 0 Å². The number of anilines is 1. The summed E-state index contributed by atoms with van der Waals surface area (Å²) in [4.78, 5) is 0. The summed E-state index contributed by atoms with van der Waals surface area (Å²) in [5.41, 5.74) is 0.894. The third-order valence-electron chi connectivity index (χ3n) is 2.00. The van der Waals surface area contributed by atoms with E-state index < -0.39 is 12.7 Å². The number of hydrogen-bond donors (Lipinski definition) is 2. The van der Waals surface area contributed by atoms with Crippen molar-refractivity contribution in [3.63, 3.8) is 0 Å². The fourth-order valence-corrected chi connectivity index (χ4v) is 1.21. The van der Waals surface area contributed by atoms with Gasteiger partial charge in [0.15, 0.2) is 0 Å². The number of halogens is 3. The molecule has 0 aliphatic carbocycles. The monoisotopic (exact) mass is 248 g/mol. The third kappa shape index (κ3) is 6.01. The molecule has 1 aromatic carbocycles. The molecule has 0 radical (unpaired) electrons. The Morgan fingerprint density at radius 1 is 1.29 bits per heavy atom. The number of hydrogen-bond acceptors (Lipinski definition) is 3. The molecule has 6 heteroatoms. The zero-order valence-corrected chi connectivity index (χ0v) is 9.47. The van der Waals surface area contributed by atoms with Gasteiger partial charge in [-0.2, -0.15) is 13.2 Å². The Morgan fingerprint density at radius 2 is 2.06 bits per heavy atom. The van der Waals surface area contributed by atoms with Crippen molar-refractivity contribution in [2.45, 2.75) is 6.18 Å². The molecule has 0 atom stereocenters. The van der Waals surface area contributed by atoms with Gasteiger partial charge in [0.05, 0.1) is 6.54 Å². The highest BCUT2D eigenvalue weighted by Gasteiger charge is 2.25. The molecule has 96 valence electrons. The van der Waals surface area contributed by atoms with Crippen LogP contribution in [0.5, 0.6) is 5.75 Å². The number of rotatable bonds is 6. The average Bonchev–Trinajstić information content (AvgIpc) is 2.27. The van der Waals surface area contributed by atoms with Crippen molar-refractivity contribution in [2.75, 3.05) is 32.1 Å². The Labute approximate surface area is 98.0 Å². The molecule has 0 saturated carbocycles. The highest BCUT2D eigenvalue weighted by molar-refractivity contribution is 5.47. The molecule has 0 saturated heterocycles. The van der Waals surface area contributed by atoms with Crippen LogP contribution in [0.2, 0.25) is 0 Å². The number of ether oxygens (including phenoxy) is 1. The Morgan fingerprint density at radius 3 is 2.71 bits per heavy atom. The summed E-state index contributed by atoms with van der Waals surface area (Å²) in [6.45, 7) is -0.639. The van der Waals surface area contributed by atoms with Crippen LogP contribution >= 0.6 is 0 Å². The van der Waals surface area contributed by atoms with Crippen molar-refractivity contribution in [1.82, 2.24) is 5.32 Å². The lowest BCUT2D eigenvalue weighted by Gasteiger charge is -2.10. The first-order valence-corrected chi connectivity index (χ1v) is 5.19. The number of benzene rings is 1. The summed E-state index contributed by atoms with van der Waals surface area (Å²) in [6.07, 6.45) is -4.17. The van der Waals surface area contributed by atoms with E-state index in [0.29, 0.717) is 5.75 Å². The standard InChI is InChI=1S/C11H15F3N2O/c1-15-9-3-2-4-10(7-9)17-6-5-16-8-11(12,13)14/h2-4,7,15-16H,5-6,8H2,1H3. The van der Waals surface area contributed by atoms with Gasteiger partial charge in [0.1, 0.15) is 12.4 Å². The molecule has 0 unspecified atom stereocenters. The van der Waals surface area contributed by atoms with Gasteiger partial charge in [0.25, 0.3) is 0 Å². The molecule has 1 rings (SSSR count). The zero-order valence-electron chi connectivity index (χ0n) is 9.47. The average molecular weight is 248 g/mol. The lowest BCUT2D eigenvalue weighted by molar-refractivity contribution is -0.124. The second-order valence-electron chi connectivity index (χ2n) is 3.42. The lowest BCUT2D eigenvalue weighted by atomic mass is 10.3. The predicted octanol–water partition coefficient (Wildman–Crippen LogP) is 2.26. The van der Waals surface area contributed by atoms with Gasteiger partial charge < -0.3 is 15.4 Å². The van der Waals surface area contributed by atoms with Gasteiger partial charge in [0, 0.05) is 25.3 Å². The maximum atomic E-state index is 11.8. The van der Waals surface area contributed by atoms with Gasteiger partial charge in [-0.3, -0.25) is 0 Å². The molecule has 17 heavy (non-hydrogen) atoms. The summed E-state index contributed by atoms with van der Waals surface area (Å²) >= 11 is 0. The minimum absolute atomic E-state index is 0.156. The highest BCUT2D eigenvalue weighted by atomic mass is 19.4. The molecule has 1 aromatic rings. The Kier molecular flexibility index (Phi) is 5.09. The minimum Gasteiger partial charge on any atom is -0.492 e. The van der Waals surface area contributed by atoms with Crippen LogP contribution in [-0.2, 0) is 0 Å². The summed E-state index contributed by atoms with van der Waals surface area (Å²) in [7, 11) is 1.78. The van der Waals surface area contributed by atoms with Crippen molar-refractivity contribution in [3.05, 3.63) is 24.3 Å². The Hall–Kier alpha value is -1.43. The molecular weight excluding hydrogens is 233 g/mol. The fraction of sp³-hybridized carbons (Fsp3) is 0.455. The van der Waals surface area contributed by atoms with Gasteiger partial charge in [-0.15, -0.1) is 0 Å². The summed E-state index contributed by atoms with van der Waals surface area (Å²) in [5.74, 6) is 0.630. The van der Waals surface area contributed by atoms with Crippen LogP contribution in [0.4, 0.5) is 18.9 Å². The Balaban J connectivity index is 2.22. The molecule has 0 aliphatic heterocycles. The maximum Gasteiger partial charge on any atom is 0.401 e. The number of alkyl halides is 3. The second-order valence-corrected chi connectivity index (χ2v) is 3.42. The van der Waals surface area contributed by atoms with Crippen LogP contribution < -0.4 is 15.4 Å². The SMILES string of the molecule is CNc1cccc(OCCNCC(F)(F)F)c1. The van der Waals surface area contributed by atoms with E-state index in [1.165, 1.54) is 0 Å². The maximum absolute atomic E-state index is 11.8. The van der Waals surface area contributed by atoms with E-state index in [4.69, 9.17) is 4.74 Å². The van der Waals surface area contributed by atoms with E-state index in [9.17, 15) is 13.2 Å². The van der Waals surface area contributed by atoms with E-state index in [2.05, 4.69) is 10.6 Å². The molecule has 3 nitrogen and oxygen atoms in total. The van der Waals surface area contributed by atoms with Crippen LogP contribution in [0.3, 0.4) is 0 Å². The van der Waals surface area contributed by atoms with E-state index in [-0.39, 0.29) is 13.2 Å². The van der Waals surface area contributed by atoms with E-state index >= 15 is 0 Å². The van der Waals surface area contributed by atoms with Crippen molar-refractivity contribution in [1.29, 1.82) is 0 Å². The van der Waals surface area contributed by atoms with Crippen LogP contribution in [0.25, 0.3) is 0 Å². The third-order valence-corrected chi connectivity index (χ3v) is 2.00. The smallest absolute Gasteiger partial charge is 0.401 e. The fourth-order valence-electron chi connectivity index (χ4n) is 1.21. The first kappa shape index (κ1) is 13.6. The van der Waals surface area contributed by atoms with Crippen molar-refractivity contribution in [3.8, 4) is 5.75 Å². The van der Waals surface area contributed by atoms with Crippen molar-refractivity contribution in [2.24, 2.45) is 0 Å². The van der Waals surface area contributed by atoms with Crippen LogP contribution in [0.1, 0.15) is 0 Å². The summed E-state index contributed by atoms with van der Waals surface area (Å²) < 4.78 is 40.7. The quantitative estimate of drug-likeness (QED) is 0.758. The molecule has 0 aliphatic rings.